The first-order valence-corrected chi connectivity index (χ1v) is 6.90. The number of benzene rings is 1. The number of nitrogens with zero attached hydrogens (tertiary/aromatic N) is 1. The number of thioether (sulfide) groups is 1. The Hall–Kier alpha value is -1.16. The SMILES string of the molecule is Cc1ccc(NC(=O)N2C(C)CSC2C)cc1. The van der Waals surface area contributed by atoms with Gasteiger partial charge in [-0.15, -0.1) is 11.8 Å². The van der Waals surface area contributed by atoms with Crippen molar-refractivity contribution in [1.82, 2.24) is 4.90 Å². The van der Waals surface area contributed by atoms with Crippen LogP contribution in [0.15, 0.2) is 24.3 Å². The van der Waals surface area contributed by atoms with Crippen molar-refractivity contribution < 1.29 is 4.79 Å². The second-order valence-electron chi connectivity index (χ2n) is 4.49. The Morgan fingerprint density at radius 3 is 2.53 bits per heavy atom. The molecule has 0 spiro atoms. The topological polar surface area (TPSA) is 32.3 Å². The lowest BCUT2D eigenvalue weighted by Gasteiger charge is -2.25. The number of hydrogen-bond donors (Lipinski definition) is 1. The van der Waals surface area contributed by atoms with Crippen molar-refractivity contribution in [3.05, 3.63) is 29.8 Å². The highest BCUT2D eigenvalue weighted by Gasteiger charge is 2.31. The number of carbonyl (C=O) groups excluding carboxylic acids is 1. The summed E-state index contributed by atoms with van der Waals surface area (Å²) in [5.41, 5.74) is 2.05. The average molecular weight is 250 g/mol. The van der Waals surface area contributed by atoms with Crippen molar-refractivity contribution in [2.24, 2.45) is 0 Å². The maximum Gasteiger partial charge on any atom is 0.323 e. The standard InChI is InChI=1S/C13H18N2OS/c1-9-4-6-12(7-5-9)14-13(16)15-10(2)8-17-11(15)3/h4-7,10-11H,8H2,1-3H3,(H,14,16). The lowest BCUT2D eigenvalue weighted by molar-refractivity contribution is 0.201. The fourth-order valence-electron chi connectivity index (χ4n) is 1.99. The van der Waals surface area contributed by atoms with Crippen LogP contribution >= 0.6 is 11.8 Å². The monoisotopic (exact) mass is 250 g/mol. The zero-order chi connectivity index (χ0) is 12.4. The minimum Gasteiger partial charge on any atom is -0.309 e. The number of rotatable bonds is 1. The van der Waals surface area contributed by atoms with E-state index < -0.39 is 0 Å². The first-order chi connectivity index (χ1) is 8.08. The molecule has 1 aromatic rings. The van der Waals surface area contributed by atoms with E-state index in [0.29, 0.717) is 6.04 Å². The van der Waals surface area contributed by atoms with Gasteiger partial charge < -0.3 is 10.2 Å². The van der Waals surface area contributed by atoms with Crippen LogP contribution in [0.25, 0.3) is 0 Å². The summed E-state index contributed by atoms with van der Waals surface area (Å²) >= 11 is 1.82. The van der Waals surface area contributed by atoms with E-state index in [4.69, 9.17) is 0 Å². The molecule has 1 aliphatic rings. The predicted molar refractivity (Wildman–Crippen MR) is 73.4 cm³/mol. The molecule has 0 saturated carbocycles. The van der Waals surface area contributed by atoms with E-state index in [1.807, 2.05) is 47.9 Å². The van der Waals surface area contributed by atoms with E-state index in [9.17, 15) is 4.79 Å². The van der Waals surface area contributed by atoms with E-state index in [0.717, 1.165) is 11.4 Å². The molecule has 2 atom stereocenters. The predicted octanol–water partition coefficient (Wildman–Crippen LogP) is 3.31. The first-order valence-electron chi connectivity index (χ1n) is 5.85. The van der Waals surface area contributed by atoms with Crippen molar-refractivity contribution in [3.8, 4) is 0 Å². The molecule has 1 aliphatic heterocycles. The zero-order valence-electron chi connectivity index (χ0n) is 10.4. The second kappa shape index (κ2) is 5.00. The molecule has 1 fully saturated rings. The molecule has 0 aromatic heterocycles. The second-order valence-corrected chi connectivity index (χ2v) is 5.83. The number of amides is 2. The molecular formula is C13H18N2OS. The molecule has 0 aliphatic carbocycles. The average Bonchev–Trinajstić information content (AvgIpc) is 2.62. The molecule has 1 heterocycles. The van der Waals surface area contributed by atoms with Crippen LogP contribution in [0, 0.1) is 6.92 Å². The normalized spacial score (nSPS) is 23.8. The van der Waals surface area contributed by atoms with Gasteiger partial charge in [0.1, 0.15) is 0 Å². The Balaban J connectivity index is 2.04. The third-order valence-electron chi connectivity index (χ3n) is 2.98. The molecule has 2 rings (SSSR count). The van der Waals surface area contributed by atoms with Crippen molar-refractivity contribution in [2.75, 3.05) is 11.1 Å². The van der Waals surface area contributed by atoms with E-state index in [2.05, 4.69) is 19.2 Å². The largest absolute Gasteiger partial charge is 0.323 e. The van der Waals surface area contributed by atoms with Crippen LogP contribution < -0.4 is 5.32 Å². The molecule has 0 bridgehead atoms. The quantitative estimate of drug-likeness (QED) is 0.829. The van der Waals surface area contributed by atoms with Crippen molar-refractivity contribution in [1.29, 1.82) is 0 Å². The Labute approximate surface area is 107 Å². The van der Waals surface area contributed by atoms with Gasteiger partial charge in [0, 0.05) is 17.5 Å². The molecule has 3 nitrogen and oxygen atoms in total. The summed E-state index contributed by atoms with van der Waals surface area (Å²) < 4.78 is 0. The summed E-state index contributed by atoms with van der Waals surface area (Å²) in [6, 6.07) is 8.18. The Bertz CT molecular complexity index is 394. The van der Waals surface area contributed by atoms with Crippen molar-refractivity contribution in [3.63, 3.8) is 0 Å². The Morgan fingerprint density at radius 1 is 1.35 bits per heavy atom. The van der Waals surface area contributed by atoms with E-state index >= 15 is 0 Å². The van der Waals surface area contributed by atoms with Gasteiger partial charge in [0.2, 0.25) is 0 Å². The van der Waals surface area contributed by atoms with Crippen LogP contribution in [0.5, 0.6) is 0 Å². The van der Waals surface area contributed by atoms with Gasteiger partial charge in [-0.2, -0.15) is 0 Å². The smallest absolute Gasteiger partial charge is 0.309 e. The third-order valence-corrected chi connectivity index (χ3v) is 4.37. The highest BCUT2D eigenvalue weighted by molar-refractivity contribution is 8.00. The molecular weight excluding hydrogens is 232 g/mol. The highest BCUT2D eigenvalue weighted by Crippen LogP contribution is 2.28. The van der Waals surface area contributed by atoms with Crippen molar-refractivity contribution >= 4 is 23.5 Å². The minimum atomic E-state index is -0.00106. The summed E-state index contributed by atoms with van der Waals surface area (Å²) in [5.74, 6) is 1.02. The van der Waals surface area contributed by atoms with Crippen LogP contribution in [0.4, 0.5) is 10.5 Å². The lowest BCUT2D eigenvalue weighted by Crippen LogP contribution is -2.41. The summed E-state index contributed by atoms with van der Waals surface area (Å²) in [7, 11) is 0. The molecule has 0 radical (unpaired) electrons. The molecule has 1 saturated heterocycles. The van der Waals surface area contributed by atoms with Crippen LogP contribution in [0.3, 0.4) is 0 Å². The van der Waals surface area contributed by atoms with Crippen LogP contribution in [-0.4, -0.2) is 28.1 Å². The van der Waals surface area contributed by atoms with Crippen LogP contribution in [0.1, 0.15) is 19.4 Å². The van der Waals surface area contributed by atoms with E-state index in [1.165, 1.54) is 5.56 Å². The molecule has 2 unspecified atom stereocenters. The van der Waals surface area contributed by atoms with Gasteiger partial charge in [0.25, 0.3) is 0 Å². The minimum absolute atomic E-state index is 0.00106. The van der Waals surface area contributed by atoms with E-state index in [1.54, 1.807) is 0 Å². The number of anilines is 1. The van der Waals surface area contributed by atoms with Crippen LogP contribution in [0.2, 0.25) is 0 Å². The van der Waals surface area contributed by atoms with Crippen LogP contribution in [-0.2, 0) is 0 Å². The molecule has 1 N–H and O–H groups in total. The molecule has 92 valence electrons. The summed E-state index contributed by atoms with van der Waals surface area (Å²) in [4.78, 5) is 14.0. The molecule has 2 amide bonds. The number of urea groups is 1. The first kappa shape index (κ1) is 12.3. The number of nitrogens with one attached hydrogen (secondary N) is 1. The highest BCUT2D eigenvalue weighted by atomic mass is 32.2. The molecule has 4 heteroatoms. The van der Waals surface area contributed by atoms with E-state index in [-0.39, 0.29) is 11.4 Å². The van der Waals surface area contributed by atoms with Gasteiger partial charge in [-0.3, -0.25) is 0 Å². The Kier molecular flexibility index (Phi) is 3.62. The van der Waals surface area contributed by atoms with Gasteiger partial charge in [0.15, 0.2) is 0 Å². The summed E-state index contributed by atoms with van der Waals surface area (Å²) in [6.45, 7) is 6.20. The molecule has 1 aromatic carbocycles. The zero-order valence-corrected chi connectivity index (χ0v) is 11.3. The van der Waals surface area contributed by atoms with Gasteiger partial charge in [-0.25, -0.2) is 4.79 Å². The maximum absolute atomic E-state index is 12.1. The fourth-order valence-corrected chi connectivity index (χ4v) is 3.17. The number of carbonyl (C=O) groups is 1. The van der Waals surface area contributed by atoms with Crippen molar-refractivity contribution in [2.45, 2.75) is 32.2 Å². The van der Waals surface area contributed by atoms with Gasteiger partial charge in [-0.05, 0) is 32.9 Å². The summed E-state index contributed by atoms with van der Waals surface area (Å²) in [6.07, 6.45) is 0. The fraction of sp³-hybridized carbons (Fsp3) is 0.462. The third kappa shape index (κ3) is 2.75. The Morgan fingerprint density at radius 2 is 2.00 bits per heavy atom. The van der Waals surface area contributed by atoms with Gasteiger partial charge in [0.05, 0.1) is 5.37 Å². The van der Waals surface area contributed by atoms with Gasteiger partial charge >= 0.3 is 6.03 Å². The lowest BCUT2D eigenvalue weighted by atomic mass is 10.2. The summed E-state index contributed by atoms with van der Waals surface area (Å²) in [5, 5.41) is 3.21. The van der Waals surface area contributed by atoms with Gasteiger partial charge in [-0.1, -0.05) is 17.7 Å². The number of hydrogen-bond acceptors (Lipinski definition) is 2. The number of aryl methyl sites for hydroxylation is 1. The molecule has 17 heavy (non-hydrogen) atoms. The maximum atomic E-state index is 12.1.